The highest BCUT2D eigenvalue weighted by Crippen LogP contribution is 2.36. The van der Waals surface area contributed by atoms with Crippen LogP contribution in [0.15, 0.2) is 30.5 Å². The molecule has 0 aliphatic rings. The predicted molar refractivity (Wildman–Crippen MR) is 120 cm³/mol. The normalized spacial score (nSPS) is 13.8. The molecule has 32 heavy (non-hydrogen) atoms. The molecule has 1 aromatic heterocycles. The summed E-state index contributed by atoms with van der Waals surface area (Å²) in [6.07, 6.45) is 0.864. The second kappa shape index (κ2) is 10.8. The quantitative estimate of drug-likeness (QED) is 0.569. The van der Waals surface area contributed by atoms with E-state index in [0.29, 0.717) is 0 Å². The van der Waals surface area contributed by atoms with Gasteiger partial charge >= 0.3 is 5.97 Å². The summed E-state index contributed by atoms with van der Waals surface area (Å²) in [6, 6.07) is 6.42. The fourth-order valence-electron chi connectivity index (χ4n) is 3.70. The number of aromatic hydroxyl groups is 1. The Balaban J connectivity index is 2.13. The molecule has 0 aliphatic carbocycles. The van der Waals surface area contributed by atoms with Crippen molar-refractivity contribution in [2.45, 2.75) is 52.7 Å². The number of esters is 1. The van der Waals surface area contributed by atoms with E-state index in [-0.39, 0.29) is 23.3 Å². The highest BCUT2D eigenvalue weighted by molar-refractivity contribution is 5.97. The van der Waals surface area contributed by atoms with E-state index < -0.39 is 29.8 Å². The summed E-state index contributed by atoms with van der Waals surface area (Å²) < 4.78 is 16.3. The maximum atomic E-state index is 12.7. The number of pyridine rings is 1. The molecule has 2 N–H and O–H groups in total. The molecule has 3 atom stereocenters. The van der Waals surface area contributed by atoms with Gasteiger partial charge in [-0.2, -0.15) is 0 Å². The summed E-state index contributed by atoms with van der Waals surface area (Å²) in [5.74, 6) is -0.788. The van der Waals surface area contributed by atoms with Crippen LogP contribution in [0.3, 0.4) is 0 Å². The second-order valence-electron chi connectivity index (χ2n) is 8.06. The average molecular weight is 445 g/mol. The maximum absolute atomic E-state index is 12.7. The van der Waals surface area contributed by atoms with Gasteiger partial charge < -0.3 is 24.6 Å². The zero-order chi connectivity index (χ0) is 24.0. The molecule has 1 amide bonds. The van der Waals surface area contributed by atoms with E-state index in [4.69, 9.17) is 14.2 Å². The van der Waals surface area contributed by atoms with Gasteiger partial charge in [0, 0.05) is 23.7 Å². The van der Waals surface area contributed by atoms with E-state index in [2.05, 4.69) is 24.1 Å². The molecular formula is C24H32N2O6. The minimum Gasteiger partial charge on any atom is -0.503 e. The molecule has 0 radical (unpaired) electrons. The zero-order valence-corrected chi connectivity index (χ0v) is 19.6. The molecule has 0 aliphatic heterocycles. The Hall–Kier alpha value is -3.29. The molecule has 2 aromatic rings. The van der Waals surface area contributed by atoms with Crippen LogP contribution in [-0.2, 0) is 9.53 Å². The molecule has 8 nitrogen and oxygen atoms in total. The van der Waals surface area contributed by atoms with E-state index in [1.54, 1.807) is 7.11 Å². The smallest absolute Gasteiger partial charge is 0.328 e. The minimum atomic E-state index is -0.954. The fraction of sp³-hybridized carbons (Fsp3) is 0.458. The first-order chi connectivity index (χ1) is 15.1. The Morgan fingerprint density at radius 3 is 2.28 bits per heavy atom. The molecular weight excluding hydrogens is 412 g/mol. The Bertz CT molecular complexity index is 960. The number of hydrogen-bond donors (Lipinski definition) is 2. The third-order valence-corrected chi connectivity index (χ3v) is 5.30. The van der Waals surface area contributed by atoms with Gasteiger partial charge in [-0.1, -0.05) is 26.0 Å². The lowest BCUT2D eigenvalue weighted by atomic mass is 9.83. The van der Waals surface area contributed by atoms with Crippen molar-refractivity contribution in [3.63, 3.8) is 0 Å². The van der Waals surface area contributed by atoms with Crippen molar-refractivity contribution in [3.05, 3.63) is 47.3 Å². The van der Waals surface area contributed by atoms with Gasteiger partial charge in [-0.25, -0.2) is 9.78 Å². The van der Waals surface area contributed by atoms with E-state index in [1.165, 1.54) is 26.3 Å². The van der Waals surface area contributed by atoms with Gasteiger partial charge in [0.05, 0.1) is 14.2 Å². The Labute approximate surface area is 188 Å². The van der Waals surface area contributed by atoms with Gasteiger partial charge in [-0.05, 0) is 38.3 Å². The SMILES string of the molecule is COc1cc(C)ccc1[C@H](C(C)C)[C@H](C)OC(=O)[C@H](C)NC(=O)c1nccc(OC)c1O. The summed E-state index contributed by atoms with van der Waals surface area (Å²) in [7, 11) is 2.98. The van der Waals surface area contributed by atoms with Crippen molar-refractivity contribution in [1.82, 2.24) is 10.3 Å². The molecule has 174 valence electrons. The number of rotatable bonds is 9. The first-order valence-corrected chi connectivity index (χ1v) is 10.5. The van der Waals surface area contributed by atoms with Gasteiger partial charge in [0.2, 0.25) is 0 Å². The van der Waals surface area contributed by atoms with Crippen LogP contribution in [0, 0.1) is 12.8 Å². The van der Waals surface area contributed by atoms with Gasteiger partial charge in [0.15, 0.2) is 17.2 Å². The molecule has 0 saturated carbocycles. The van der Waals surface area contributed by atoms with Gasteiger partial charge in [0.1, 0.15) is 17.9 Å². The number of carbonyl (C=O) groups excluding carboxylic acids is 2. The van der Waals surface area contributed by atoms with E-state index in [9.17, 15) is 14.7 Å². The topological polar surface area (TPSA) is 107 Å². The van der Waals surface area contributed by atoms with E-state index in [0.717, 1.165) is 16.9 Å². The number of nitrogens with zero attached hydrogens (tertiary/aromatic N) is 1. The van der Waals surface area contributed by atoms with Crippen molar-refractivity contribution in [2.75, 3.05) is 14.2 Å². The Kier molecular flexibility index (Phi) is 8.46. The largest absolute Gasteiger partial charge is 0.503 e. The number of ether oxygens (including phenoxy) is 3. The number of benzene rings is 1. The number of methoxy groups -OCH3 is 2. The third kappa shape index (κ3) is 5.69. The molecule has 0 bridgehead atoms. The van der Waals surface area contributed by atoms with Crippen LogP contribution in [0.1, 0.15) is 55.2 Å². The summed E-state index contributed by atoms with van der Waals surface area (Å²) >= 11 is 0. The average Bonchev–Trinajstić information content (AvgIpc) is 2.74. The molecule has 8 heteroatoms. The summed E-state index contributed by atoms with van der Waals surface area (Å²) in [6.45, 7) is 9.43. The van der Waals surface area contributed by atoms with Crippen LogP contribution >= 0.6 is 0 Å². The molecule has 0 unspecified atom stereocenters. The van der Waals surface area contributed by atoms with Crippen LogP contribution in [0.5, 0.6) is 17.2 Å². The standard InChI is InChI=1S/C24H32N2O6/c1-13(2)20(17-9-8-14(3)12-19(17)31-7)16(5)32-24(29)15(4)26-23(28)21-22(27)18(30-6)10-11-25-21/h8-13,15-16,20,27H,1-7H3,(H,26,28)/t15-,16-,20+/m0/s1. The number of nitrogens with one attached hydrogen (secondary N) is 1. The lowest BCUT2D eigenvalue weighted by molar-refractivity contribution is -0.151. The Morgan fingerprint density at radius 2 is 1.69 bits per heavy atom. The molecule has 1 aromatic carbocycles. The number of amides is 1. The number of aromatic nitrogens is 1. The third-order valence-electron chi connectivity index (χ3n) is 5.30. The van der Waals surface area contributed by atoms with Crippen LogP contribution in [0.25, 0.3) is 0 Å². The molecule has 1 heterocycles. The second-order valence-corrected chi connectivity index (χ2v) is 8.06. The molecule has 0 fully saturated rings. The van der Waals surface area contributed by atoms with E-state index in [1.807, 2.05) is 32.0 Å². The first kappa shape index (κ1) is 25.0. The van der Waals surface area contributed by atoms with E-state index >= 15 is 0 Å². The van der Waals surface area contributed by atoms with Crippen molar-refractivity contribution >= 4 is 11.9 Å². The predicted octanol–water partition coefficient (Wildman–Crippen LogP) is 3.60. The van der Waals surface area contributed by atoms with Gasteiger partial charge in [-0.15, -0.1) is 0 Å². The summed E-state index contributed by atoms with van der Waals surface area (Å²) in [4.78, 5) is 29.1. The lowest BCUT2D eigenvalue weighted by Gasteiger charge is -2.30. The summed E-state index contributed by atoms with van der Waals surface area (Å²) in [5.41, 5.74) is 1.79. The zero-order valence-electron chi connectivity index (χ0n) is 19.6. The number of carbonyl (C=O) groups is 2. The molecule has 0 spiro atoms. The monoisotopic (exact) mass is 444 g/mol. The first-order valence-electron chi connectivity index (χ1n) is 10.5. The van der Waals surface area contributed by atoms with Crippen molar-refractivity contribution in [3.8, 4) is 17.2 Å². The maximum Gasteiger partial charge on any atom is 0.328 e. The summed E-state index contributed by atoms with van der Waals surface area (Å²) in [5, 5.41) is 12.6. The van der Waals surface area contributed by atoms with Gasteiger partial charge in [0.25, 0.3) is 5.91 Å². The minimum absolute atomic E-state index is 0.110. The highest BCUT2D eigenvalue weighted by Gasteiger charge is 2.30. The highest BCUT2D eigenvalue weighted by atomic mass is 16.5. The molecule has 2 rings (SSSR count). The van der Waals surface area contributed by atoms with Crippen LogP contribution in [-0.4, -0.2) is 48.3 Å². The number of hydrogen-bond acceptors (Lipinski definition) is 7. The Morgan fingerprint density at radius 1 is 1.03 bits per heavy atom. The van der Waals surface area contributed by atoms with Gasteiger partial charge in [-0.3, -0.25) is 4.79 Å². The fourth-order valence-corrected chi connectivity index (χ4v) is 3.70. The number of aryl methyl sites for hydroxylation is 1. The molecule has 0 saturated heterocycles. The van der Waals surface area contributed by atoms with Crippen molar-refractivity contribution in [1.29, 1.82) is 0 Å². The van der Waals surface area contributed by atoms with Crippen LogP contribution < -0.4 is 14.8 Å². The van der Waals surface area contributed by atoms with Crippen molar-refractivity contribution < 1.29 is 28.9 Å². The van der Waals surface area contributed by atoms with Crippen LogP contribution in [0.4, 0.5) is 0 Å². The van der Waals surface area contributed by atoms with Crippen LogP contribution in [0.2, 0.25) is 0 Å². The van der Waals surface area contributed by atoms with Crippen molar-refractivity contribution in [2.24, 2.45) is 5.92 Å². The lowest BCUT2D eigenvalue weighted by Crippen LogP contribution is -2.42.